The van der Waals surface area contributed by atoms with E-state index in [0.717, 1.165) is 10.8 Å². The Morgan fingerprint density at radius 3 is 2.29 bits per heavy atom. The highest BCUT2D eigenvalue weighted by Crippen LogP contribution is 2.30. The summed E-state index contributed by atoms with van der Waals surface area (Å²) in [6.45, 7) is 0. The number of primary sulfonamides is 1. The van der Waals surface area contributed by atoms with Gasteiger partial charge in [-0.05, 0) is 47.3 Å². The Bertz CT molecular complexity index is 1720. The molecule has 38 heavy (non-hydrogen) atoms. The van der Waals surface area contributed by atoms with Gasteiger partial charge in [-0.1, -0.05) is 66.7 Å². The number of carbonyl (C=O) groups is 1. The number of hydrogen-bond donors (Lipinski definition) is 3. The molecule has 1 unspecified atom stereocenters. The number of fused-ring (bicyclic) bond motifs is 1. The lowest BCUT2D eigenvalue weighted by molar-refractivity contribution is -0.123. The van der Waals surface area contributed by atoms with Crippen molar-refractivity contribution in [2.45, 2.75) is 11.0 Å². The maximum Gasteiger partial charge on any atom is 0.270 e. The zero-order chi connectivity index (χ0) is 26.7. The number of ether oxygens (including phenoxy) is 1. The number of anilines is 2. The van der Waals surface area contributed by atoms with Gasteiger partial charge in [-0.3, -0.25) is 4.79 Å². The first kappa shape index (κ1) is 24.9. The van der Waals surface area contributed by atoms with Crippen LogP contribution in [0.5, 0.6) is 5.75 Å². The Hall–Kier alpha value is -4.73. The molecule has 190 valence electrons. The average molecular weight is 525 g/mol. The Balaban J connectivity index is 1.40. The van der Waals surface area contributed by atoms with Crippen molar-refractivity contribution in [1.82, 2.24) is 4.98 Å². The highest BCUT2D eigenvalue weighted by atomic mass is 32.2. The van der Waals surface area contributed by atoms with Crippen LogP contribution < -0.4 is 20.9 Å². The summed E-state index contributed by atoms with van der Waals surface area (Å²) in [5.74, 6) is 0.555. The van der Waals surface area contributed by atoms with Crippen LogP contribution in [0.1, 0.15) is 11.7 Å². The first-order valence-corrected chi connectivity index (χ1v) is 13.2. The normalized spacial score (nSPS) is 12.1. The predicted octanol–water partition coefficient (Wildman–Crippen LogP) is 4.89. The van der Waals surface area contributed by atoms with Gasteiger partial charge in [-0.2, -0.15) is 0 Å². The Morgan fingerprint density at radius 2 is 1.55 bits per heavy atom. The molecule has 8 nitrogen and oxygen atoms in total. The number of sulfonamides is 1. The number of hydrogen-bond acceptors (Lipinski definition) is 6. The first-order valence-electron chi connectivity index (χ1n) is 11.7. The smallest absolute Gasteiger partial charge is 0.270 e. The minimum atomic E-state index is -3.89. The molecule has 0 aliphatic rings. The molecule has 0 spiro atoms. The Kier molecular flexibility index (Phi) is 6.78. The summed E-state index contributed by atoms with van der Waals surface area (Å²) in [5, 5.41) is 10.0. The van der Waals surface area contributed by atoms with E-state index in [2.05, 4.69) is 10.3 Å². The van der Waals surface area contributed by atoms with E-state index in [4.69, 9.17) is 15.6 Å². The van der Waals surface area contributed by atoms with E-state index < -0.39 is 16.1 Å². The highest BCUT2D eigenvalue weighted by molar-refractivity contribution is 7.89. The van der Waals surface area contributed by atoms with Crippen molar-refractivity contribution < 1.29 is 17.9 Å². The van der Waals surface area contributed by atoms with Gasteiger partial charge in [0.2, 0.25) is 16.1 Å². The molecule has 1 amide bonds. The molecule has 1 aromatic heterocycles. The third-order valence-corrected chi connectivity index (χ3v) is 6.93. The van der Waals surface area contributed by atoms with Crippen LogP contribution >= 0.6 is 0 Å². The van der Waals surface area contributed by atoms with Crippen LogP contribution in [-0.4, -0.2) is 19.3 Å². The molecular formula is C29H24N4O4S. The molecule has 4 aromatic carbocycles. The molecule has 1 atom stereocenters. The third kappa shape index (κ3) is 5.49. The van der Waals surface area contributed by atoms with Gasteiger partial charge in [-0.15, -0.1) is 0 Å². The zero-order valence-electron chi connectivity index (χ0n) is 20.1. The molecule has 5 aromatic rings. The SMILES string of the molecule is Nc1cc2ccc(OC(C(=O)Nc3ccc(-c4ccccc4S(N)(=O)=O)cc3)c3ccccc3)cc2cn1. The van der Waals surface area contributed by atoms with Crippen molar-refractivity contribution in [3.05, 3.63) is 115 Å². The van der Waals surface area contributed by atoms with E-state index >= 15 is 0 Å². The number of aromatic nitrogens is 1. The number of rotatable bonds is 7. The van der Waals surface area contributed by atoms with Gasteiger partial charge >= 0.3 is 0 Å². The lowest BCUT2D eigenvalue weighted by atomic mass is 10.0. The monoisotopic (exact) mass is 524 g/mol. The second-order valence-electron chi connectivity index (χ2n) is 8.63. The number of nitrogen functional groups attached to an aromatic ring is 1. The Labute approximate surface area is 219 Å². The van der Waals surface area contributed by atoms with Crippen LogP contribution in [0.3, 0.4) is 0 Å². The van der Waals surface area contributed by atoms with E-state index in [-0.39, 0.29) is 10.8 Å². The summed E-state index contributed by atoms with van der Waals surface area (Å²) >= 11 is 0. The van der Waals surface area contributed by atoms with Gasteiger partial charge in [0.05, 0.1) is 4.90 Å². The molecule has 0 radical (unpaired) electrons. The summed E-state index contributed by atoms with van der Waals surface area (Å²) in [7, 11) is -3.89. The summed E-state index contributed by atoms with van der Waals surface area (Å²) in [5.41, 5.74) is 8.10. The number of amides is 1. The molecule has 0 saturated carbocycles. The van der Waals surface area contributed by atoms with E-state index in [1.54, 1.807) is 60.8 Å². The van der Waals surface area contributed by atoms with Gasteiger partial charge in [0.25, 0.3) is 5.91 Å². The zero-order valence-corrected chi connectivity index (χ0v) is 20.9. The molecule has 0 bridgehead atoms. The van der Waals surface area contributed by atoms with Crippen molar-refractivity contribution in [3.63, 3.8) is 0 Å². The second kappa shape index (κ2) is 10.3. The Morgan fingerprint density at radius 1 is 0.842 bits per heavy atom. The van der Waals surface area contributed by atoms with E-state index in [1.165, 1.54) is 6.07 Å². The first-order chi connectivity index (χ1) is 18.3. The van der Waals surface area contributed by atoms with Crippen LogP contribution in [0.4, 0.5) is 11.5 Å². The van der Waals surface area contributed by atoms with Gasteiger partial charge in [-0.25, -0.2) is 18.5 Å². The van der Waals surface area contributed by atoms with Crippen LogP contribution in [0, 0.1) is 0 Å². The van der Waals surface area contributed by atoms with Crippen LogP contribution in [0.15, 0.2) is 114 Å². The molecule has 5 rings (SSSR count). The number of benzene rings is 4. The van der Waals surface area contributed by atoms with Crippen molar-refractivity contribution in [3.8, 4) is 16.9 Å². The average Bonchev–Trinajstić information content (AvgIpc) is 2.92. The molecule has 0 fully saturated rings. The summed E-state index contributed by atoms with van der Waals surface area (Å²) in [6.07, 6.45) is 0.725. The van der Waals surface area contributed by atoms with Crippen molar-refractivity contribution in [2.24, 2.45) is 5.14 Å². The molecule has 0 aliphatic heterocycles. The fraction of sp³-hybridized carbons (Fsp3) is 0.0345. The maximum absolute atomic E-state index is 13.4. The minimum absolute atomic E-state index is 0.0302. The number of nitrogens with two attached hydrogens (primary N) is 2. The van der Waals surface area contributed by atoms with E-state index in [0.29, 0.717) is 33.9 Å². The second-order valence-corrected chi connectivity index (χ2v) is 10.2. The lowest BCUT2D eigenvalue weighted by Crippen LogP contribution is -2.25. The van der Waals surface area contributed by atoms with Gasteiger partial charge < -0.3 is 15.8 Å². The van der Waals surface area contributed by atoms with Crippen molar-refractivity contribution in [2.75, 3.05) is 11.1 Å². The predicted molar refractivity (Wildman–Crippen MR) is 148 cm³/mol. The minimum Gasteiger partial charge on any atom is -0.476 e. The quantitative estimate of drug-likeness (QED) is 0.277. The maximum atomic E-state index is 13.4. The molecule has 9 heteroatoms. The van der Waals surface area contributed by atoms with E-state index in [1.807, 2.05) is 42.5 Å². The summed E-state index contributed by atoms with van der Waals surface area (Å²) < 4.78 is 30.1. The number of carbonyl (C=O) groups excluding carboxylic acids is 1. The number of pyridine rings is 1. The molecule has 5 N–H and O–H groups in total. The van der Waals surface area contributed by atoms with Gasteiger partial charge in [0.15, 0.2) is 0 Å². The summed E-state index contributed by atoms with van der Waals surface area (Å²) in [6, 6.07) is 29.7. The third-order valence-electron chi connectivity index (χ3n) is 5.97. The van der Waals surface area contributed by atoms with Gasteiger partial charge in [0, 0.05) is 28.4 Å². The summed E-state index contributed by atoms with van der Waals surface area (Å²) in [4.78, 5) is 17.6. The number of nitrogens with zero attached hydrogens (tertiary/aromatic N) is 1. The molecule has 0 aliphatic carbocycles. The van der Waals surface area contributed by atoms with Crippen LogP contribution in [-0.2, 0) is 14.8 Å². The largest absolute Gasteiger partial charge is 0.476 e. The fourth-order valence-corrected chi connectivity index (χ4v) is 4.90. The topological polar surface area (TPSA) is 137 Å². The molecule has 1 heterocycles. The lowest BCUT2D eigenvalue weighted by Gasteiger charge is -2.20. The van der Waals surface area contributed by atoms with Gasteiger partial charge in [0.1, 0.15) is 11.6 Å². The van der Waals surface area contributed by atoms with Crippen LogP contribution in [0.2, 0.25) is 0 Å². The highest BCUT2D eigenvalue weighted by Gasteiger charge is 2.23. The van der Waals surface area contributed by atoms with E-state index in [9.17, 15) is 13.2 Å². The van der Waals surface area contributed by atoms with Crippen molar-refractivity contribution >= 4 is 38.2 Å². The van der Waals surface area contributed by atoms with Crippen molar-refractivity contribution in [1.29, 1.82) is 0 Å². The molecule has 0 saturated heterocycles. The number of nitrogens with one attached hydrogen (secondary N) is 1. The van der Waals surface area contributed by atoms with Crippen LogP contribution in [0.25, 0.3) is 21.9 Å². The fourth-order valence-electron chi connectivity index (χ4n) is 4.14. The standard InChI is InChI=1S/C29H24N4O4S/c30-27-17-21-12-15-24(16-22(21)18-32-27)37-28(20-6-2-1-3-7-20)29(34)33-23-13-10-19(11-14-23)25-8-4-5-9-26(25)38(31,35)36/h1-18,28H,(H2,30,32)(H,33,34)(H2,31,35,36). The molecular weight excluding hydrogens is 500 g/mol.